The Morgan fingerprint density at radius 3 is 3.00 bits per heavy atom. The van der Waals surface area contributed by atoms with Crippen LogP contribution in [0.15, 0.2) is 24.3 Å². The van der Waals surface area contributed by atoms with E-state index in [9.17, 15) is 0 Å². The van der Waals surface area contributed by atoms with Gasteiger partial charge in [-0.1, -0.05) is 12.1 Å². The van der Waals surface area contributed by atoms with E-state index in [4.69, 9.17) is 14.9 Å². The van der Waals surface area contributed by atoms with E-state index in [2.05, 4.69) is 6.07 Å². The lowest BCUT2D eigenvalue weighted by molar-refractivity contribution is 0.0536. The van der Waals surface area contributed by atoms with E-state index >= 15 is 0 Å². The first-order valence-corrected chi connectivity index (χ1v) is 3.71. The average molecular weight is 167 g/mol. The molecule has 0 fully saturated rings. The van der Waals surface area contributed by atoms with Gasteiger partial charge in [-0.15, -0.1) is 0 Å². The second-order valence-corrected chi connectivity index (χ2v) is 2.39. The molecule has 3 heteroatoms. The van der Waals surface area contributed by atoms with Crippen LogP contribution in [0.2, 0.25) is 0 Å². The van der Waals surface area contributed by atoms with Gasteiger partial charge in [0.2, 0.25) is 0 Å². The van der Waals surface area contributed by atoms with Crippen LogP contribution in [0.3, 0.4) is 0 Å². The molecule has 0 aliphatic heterocycles. The van der Waals surface area contributed by atoms with Crippen LogP contribution in [-0.2, 0) is 0 Å². The van der Waals surface area contributed by atoms with E-state index in [-0.39, 0.29) is 13.2 Å². The fraction of sp³-hybridized carbons (Fsp3) is 0.333. The number of benzene rings is 1. The van der Waals surface area contributed by atoms with Crippen molar-refractivity contribution < 1.29 is 14.9 Å². The molecular formula is C9H11O3. The van der Waals surface area contributed by atoms with Gasteiger partial charge in [-0.05, 0) is 18.2 Å². The van der Waals surface area contributed by atoms with Crippen LogP contribution in [-0.4, -0.2) is 29.5 Å². The first kappa shape index (κ1) is 9.03. The summed E-state index contributed by atoms with van der Waals surface area (Å²) in [7, 11) is 0. The fourth-order valence-corrected chi connectivity index (χ4v) is 0.712. The van der Waals surface area contributed by atoms with Gasteiger partial charge in [-0.2, -0.15) is 0 Å². The number of rotatable bonds is 4. The molecule has 1 aromatic rings. The predicted molar refractivity (Wildman–Crippen MR) is 43.9 cm³/mol. The molecule has 1 aromatic carbocycles. The molecule has 0 unspecified atom stereocenters. The Kier molecular flexibility index (Phi) is 3.57. The minimum atomic E-state index is -0.815. The highest BCUT2D eigenvalue weighted by Gasteiger charge is 2.01. The van der Waals surface area contributed by atoms with Crippen LogP contribution in [0.25, 0.3) is 0 Å². The smallest absolute Gasteiger partial charge is 0.120 e. The second-order valence-electron chi connectivity index (χ2n) is 2.39. The van der Waals surface area contributed by atoms with E-state index < -0.39 is 6.10 Å². The first-order chi connectivity index (χ1) is 5.83. The topological polar surface area (TPSA) is 49.7 Å². The van der Waals surface area contributed by atoms with Crippen molar-refractivity contribution >= 4 is 0 Å². The number of ether oxygens (including phenoxy) is 1. The van der Waals surface area contributed by atoms with Crippen LogP contribution in [0.5, 0.6) is 5.75 Å². The standard InChI is InChI=1S/C9H11O3/c10-6-8(11)7-12-9-4-2-1-3-5-9/h1-2,4-5,8,10-11H,6-7H2/t8-/m0/s1. The summed E-state index contributed by atoms with van der Waals surface area (Å²) in [5.41, 5.74) is 0. The third-order valence-electron chi connectivity index (χ3n) is 1.33. The van der Waals surface area contributed by atoms with Gasteiger partial charge in [0.05, 0.1) is 6.61 Å². The molecule has 1 atom stereocenters. The van der Waals surface area contributed by atoms with Crippen molar-refractivity contribution in [3.63, 3.8) is 0 Å². The minimum Gasteiger partial charge on any atom is -0.491 e. The third-order valence-corrected chi connectivity index (χ3v) is 1.33. The van der Waals surface area contributed by atoms with Crippen molar-refractivity contribution in [1.29, 1.82) is 0 Å². The van der Waals surface area contributed by atoms with Gasteiger partial charge in [0, 0.05) is 0 Å². The monoisotopic (exact) mass is 167 g/mol. The Hall–Kier alpha value is -1.06. The van der Waals surface area contributed by atoms with Gasteiger partial charge in [0.15, 0.2) is 0 Å². The summed E-state index contributed by atoms with van der Waals surface area (Å²) >= 11 is 0. The van der Waals surface area contributed by atoms with E-state index in [1.165, 1.54) is 0 Å². The molecule has 0 saturated heterocycles. The lowest BCUT2D eigenvalue weighted by Gasteiger charge is -2.08. The van der Waals surface area contributed by atoms with Crippen molar-refractivity contribution in [2.75, 3.05) is 13.2 Å². The van der Waals surface area contributed by atoms with Crippen LogP contribution < -0.4 is 4.74 Å². The SMILES string of the molecule is OC[C@H](O)COc1c[c]ccc1. The Labute approximate surface area is 71.2 Å². The maximum atomic E-state index is 8.93. The maximum absolute atomic E-state index is 8.93. The fourth-order valence-electron chi connectivity index (χ4n) is 0.712. The number of aliphatic hydroxyl groups is 2. The van der Waals surface area contributed by atoms with Gasteiger partial charge < -0.3 is 14.9 Å². The van der Waals surface area contributed by atoms with Crippen molar-refractivity contribution in [2.24, 2.45) is 0 Å². The van der Waals surface area contributed by atoms with E-state index in [1.807, 2.05) is 0 Å². The van der Waals surface area contributed by atoms with Crippen molar-refractivity contribution in [3.8, 4) is 5.75 Å². The largest absolute Gasteiger partial charge is 0.491 e. The molecule has 65 valence electrons. The molecule has 0 aliphatic rings. The third kappa shape index (κ3) is 2.90. The number of hydrogen-bond acceptors (Lipinski definition) is 3. The Balaban J connectivity index is 2.33. The second kappa shape index (κ2) is 4.74. The van der Waals surface area contributed by atoms with Gasteiger partial charge in [0.1, 0.15) is 18.5 Å². The van der Waals surface area contributed by atoms with Crippen LogP contribution in [0.4, 0.5) is 0 Å². The highest BCUT2D eigenvalue weighted by Crippen LogP contribution is 2.07. The van der Waals surface area contributed by atoms with Crippen LogP contribution in [0, 0.1) is 6.07 Å². The number of aliphatic hydroxyl groups excluding tert-OH is 2. The minimum absolute atomic E-state index is 0.106. The summed E-state index contributed by atoms with van der Waals surface area (Å²) in [5, 5.41) is 17.4. The van der Waals surface area contributed by atoms with E-state index in [0.717, 1.165) is 0 Å². The Bertz CT molecular complexity index is 210. The highest BCUT2D eigenvalue weighted by atomic mass is 16.5. The molecule has 12 heavy (non-hydrogen) atoms. The highest BCUT2D eigenvalue weighted by molar-refractivity contribution is 5.19. The zero-order chi connectivity index (χ0) is 8.81. The molecular weight excluding hydrogens is 156 g/mol. The zero-order valence-corrected chi connectivity index (χ0v) is 6.60. The van der Waals surface area contributed by atoms with Crippen molar-refractivity contribution in [2.45, 2.75) is 6.10 Å². The molecule has 0 bridgehead atoms. The lowest BCUT2D eigenvalue weighted by atomic mass is 10.3. The van der Waals surface area contributed by atoms with Crippen LogP contribution in [0.1, 0.15) is 0 Å². The summed E-state index contributed by atoms with van der Waals surface area (Å²) in [6.45, 7) is -0.176. The summed E-state index contributed by atoms with van der Waals surface area (Å²) in [5.74, 6) is 0.644. The maximum Gasteiger partial charge on any atom is 0.120 e. The lowest BCUT2D eigenvalue weighted by Crippen LogP contribution is -2.21. The molecule has 0 aliphatic carbocycles. The summed E-state index contributed by atoms with van der Waals surface area (Å²) in [4.78, 5) is 0. The quantitative estimate of drug-likeness (QED) is 0.674. The molecule has 0 spiro atoms. The molecule has 0 aromatic heterocycles. The predicted octanol–water partition coefficient (Wildman–Crippen LogP) is 0.219. The Morgan fingerprint density at radius 1 is 1.58 bits per heavy atom. The molecule has 2 N–H and O–H groups in total. The van der Waals surface area contributed by atoms with E-state index in [0.29, 0.717) is 5.75 Å². The van der Waals surface area contributed by atoms with Crippen LogP contribution >= 0.6 is 0 Å². The molecule has 0 saturated carbocycles. The van der Waals surface area contributed by atoms with Gasteiger partial charge >= 0.3 is 0 Å². The number of hydrogen-bond donors (Lipinski definition) is 2. The zero-order valence-electron chi connectivity index (χ0n) is 6.60. The molecule has 1 radical (unpaired) electrons. The van der Waals surface area contributed by atoms with Gasteiger partial charge in [-0.25, -0.2) is 0 Å². The average Bonchev–Trinajstić information content (AvgIpc) is 2.16. The molecule has 0 heterocycles. The van der Waals surface area contributed by atoms with Crippen molar-refractivity contribution in [3.05, 3.63) is 30.3 Å². The van der Waals surface area contributed by atoms with Crippen molar-refractivity contribution in [1.82, 2.24) is 0 Å². The Morgan fingerprint density at radius 2 is 2.42 bits per heavy atom. The summed E-state index contributed by atoms with van der Waals surface area (Å²) < 4.78 is 5.12. The van der Waals surface area contributed by atoms with Gasteiger partial charge in [-0.3, -0.25) is 0 Å². The summed E-state index contributed by atoms with van der Waals surface area (Å²) in [6.07, 6.45) is -0.815. The van der Waals surface area contributed by atoms with Gasteiger partial charge in [0.25, 0.3) is 0 Å². The molecule has 1 rings (SSSR count). The first-order valence-electron chi connectivity index (χ1n) is 3.71. The normalized spacial score (nSPS) is 12.5. The molecule has 0 amide bonds. The van der Waals surface area contributed by atoms with E-state index in [1.54, 1.807) is 24.3 Å². The summed E-state index contributed by atoms with van der Waals surface area (Å²) in [6, 6.07) is 9.82. The molecule has 3 nitrogen and oxygen atoms in total.